The minimum Gasteiger partial charge on any atom is -0.494 e. The van der Waals surface area contributed by atoms with E-state index >= 15 is 0 Å². The third-order valence-electron chi connectivity index (χ3n) is 4.75. The minimum absolute atomic E-state index is 0.590. The number of nitrogen functional groups attached to an aromatic ring is 1. The maximum Gasteiger partial charge on any atom is 0.224 e. The number of nitrogens with two attached hydrogens (primary N) is 1. The molecule has 2 fully saturated rings. The van der Waals surface area contributed by atoms with Crippen molar-refractivity contribution in [2.75, 3.05) is 44.0 Å². The van der Waals surface area contributed by atoms with Crippen LogP contribution in [0.15, 0.2) is 18.2 Å². The van der Waals surface area contributed by atoms with Crippen molar-refractivity contribution in [1.29, 1.82) is 0 Å². The van der Waals surface area contributed by atoms with Crippen molar-refractivity contribution in [3.63, 3.8) is 0 Å². The number of benzene rings is 1. The van der Waals surface area contributed by atoms with Crippen LogP contribution in [0.3, 0.4) is 0 Å². The van der Waals surface area contributed by atoms with Crippen LogP contribution in [0.5, 0.6) is 5.75 Å². The molecule has 2 atom stereocenters. The van der Waals surface area contributed by atoms with Gasteiger partial charge in [-0.15, -0.1) is 5.10 Å². The van der Waals surface area contributed by atoms with E-state index in [0.29, 0.717) is 29.1 Å². The van der Waals surface area contributed by atoms with E-state index in [0.717, 1.165) is 37.8 Å². The number of hydrogen-bond donors (Lipinski definition) is 1. The summed E-state index contributed by atoms with van der Waals surface area (Å²) in [7, 11) is 3.54. The Bertz CT molecular complexity index is 717. The van der Waals surface area contributed by atoms with Gasteiger partial charge >= 0.3 is 0 Å². The third kappa shape index (κ3) is 2.31. The van der Waals surface area contributed by atoms with Crippen molar-refractivity contribution in [2.45, 2.75) is 0 Å². The summed E-state index contributed by atoms with van der Waals surface area (Å²) in [5.74, 6) is 3.37. The summed E-state index contributed by atoms with van der Waals surface area (Å²) in [5.41, 5.74) is 7.39. The van der Waals surface area contributed by atoms with Crippen LogP contribution in [0, 0.1) is 11.8 Å². The maximum atomic E-state index is 5.99. The zero-order valence-electron chi connectivity index (χ0n) is 13.4. The minimum atomic E-state index is 0.590. The van der Waals surface area contributed by atoms with E-state index in [1.807, 2.05) is 29.9 Å². The van der Waals surface area contributed by atoms with Crippen LogP contribution in [0.25, 0.3) is 11.4 Å². The van der Waals surface area contributed by atoms with Gasteiger partial charge in [-0.1, -0.05) is 6.07 Å². The fourth-order valence-corrected chi connectivity index (χ4v) is 3.57. The molecule has 2 N–H and O–H groups in total. The van der Waals surface area contributed by atoms with Crippen LogP contribution in [0.2, 0.25) is 0 Å². The molecular weight excluding hydrogens is 294 g/mol. The van der Waals surface area contributed by atoms with Crippen molar-refractivity contribution in [3.8, 4) is 17.1 Å². The predicted octanol–water partition coefficient (Wildman–Crippen LogP) is 1.16. The first-order valence-electron chi connectivity index (χ1n) is 7.84. The number of para-hydroxylation sites is 1. The Kier molecular flexibility index (Phi) is 3.37. The van der Waals surface area contributed by atoms with Crippen molar-refractivity contribution >= 4 is 11.6 Å². The van der Waals surface area contributed by atoms with Gasteiger partial charge in [-0.25, -0.2) is 4.68 Å². The molecule has 1 aromatic carbocycles. The number of ether oxygens (including phenoxy) is 2. The predicted molar refractivity (Wildman–Crippen MR) is 87.4 cm³/mol. The van der Waals surface area contributed by atoms with Gasteiger partial charge in [-0.3, -0.25) is 0 Å². The standard InChI is InChI=1S/C16H21N5O2/c1-20-16(21-6-10-8-23-9-11(10)7-21)18-15(19-20)12-4-3-5-13(17)14(12)22-2/h3-5,10-11H,6-9,17H2,1-2H3. The average Bonchev–Trinajstić information content (AvgIpc) is 3.20. The second-order valence-corrected chi connectivity index (χ2v) is 6.25. The Morgan fingerprint density at radius 1 is 1.26 bits per heavy atom. The van der Waals surface area contributed by atoms with Crippen LogP contribution < -0.4 is 15.4 Å². The molecule has 7 heteroatoms. The first-order chi connectivity index (χ1) is 11.2. The Balaban J connectivity index is 1.67. The molecule has 7 nitrogen and oxygen atoms in total. The molecule has 2 aliphatic heterocycles. The molecule has 0 aliphatic carbocycles. The lowest BCUT2D eigenvalue weighted by Crippen LogP contribution is -2.25. The summed E-state index contributed by atoms with van der Waals surface area (Å²) in [6.45, 7) is 3.67. The number of methoxy groups -OCH3 is 1. The molecular formula is C16H21N5O2. The van der Waals surface area contributed by atoms with Crippen molar-refractivity contribution in [3.05, 3.63) is 18.2 Å². The second-order valence-electron chi connectivity index (χ2n) is 6.25. The summed E-state index contributed by atoms with van der Waals surface area (Å²) in [4.78, 5) is 7.04. The van der Waals surface area contributed by atoms with E-state index in [4.69, 9.17) is 20.2 Å². The normalized spacial score (nSPS) is 23.3. The molecule has 2 aromatic rings. The van der Waals surface area contributed by atoms with Crippen LogP contribution in [-0.4, -0.2) is 48.2 Å². The quantitative estimate of drug-likeness (QED) is 0.856. The van der Waals surface area contributed by atoms with Crippen molar-refractivity contribution in [2.24, 2.45) is 18.9 Å². The lowest BCUT2D eigenvalue weighted by Gasteiger charge is -2.17. The van der Waals surface area contributed by atoms with Gasteiger partial charge in [0.25, 0.3) is 0 Å². The molecule has 2 unspecified atom stereocenters. The Labute approximate surface area is 135 Å². The topological polar surface area (TPSA) is 78.4 Å². The van der Waals surface area contributed by atoms with Crippen LogP contribution in [0.4, 0.5) is 11.6 Å². The maximum absolute atomic E-state index is 5.99. The average molecular weight is 315 g/mol. The molecule has 0 amide bonds. The molecule has 23 heavy (non-hydrogen) atoms. The highest BCUT2D eigenvalue weighted by Gasteiger charge is 2.38. The second kappa shape index (κ2) is 5.42. The summed E-state index contributed by atoms with van der Waals surface area (Å²) in [5, 5.41) is 4.57. The number of nitrogens with zero attached hydrogens (tertiary/aromatic N) is 4. The van der Waals surface area contributed by atoms with Crippen molar-refractivity contribution < 1.29 is 9.47 Å². The highest BCUT2D eigenvalue weighted by molar-refractivity contribution is 5.73. The highest BCUT2D eigenvalue weighted by atomic mass is 16.5. The molecule has 1 aromatic heterocycles. The van der Waals surface area contributed by atoms with Gasteiger partial charge in [0.2, 0.25) is 5.95 Å². The molecule has 4 rings (SSSR count). The highest BCUT2D eigenvalue weighted by Crippen LogP contribution is 2.35. The van der Waals surface area contributed by atoms with E-state index in [1.54, 1.807) is 7.11 Å². The summed E-state index contributed by atoms with van der Waals surface area (Å²) in [6, 6.07) is 5.63. The number of aromatic nitrogens is 3. The molecule has 0 saturated carbocycles. The molecule has 2 saturated heterocycles. The summed E-state index contributed by atoms with van der Waals surface area (Å²) in [6.07, 6.45) is 0. The first kappa shape index (κ1) is 14.3. The Hall–Kier alpha value is -2.28. The van der Waals surface area contributed by atoms with Gasteiger partial charge in [0.1, 0.15) is 0 Å². The largest absolute Gasteiger partial charge is 0.494 e. The molecule has 122 valence electrons. The van der Waals surface area contributed by atoms with E-state index < -0.39 is 0 Å². The SMILES string of the molecule is COc1c(N)cccc1-c1nc(N2CC3COCC3C2)n(C)n1. The lowest BCUT2D eigenvalue weighted by atomic mass is 10.0. The molecule has 0 bridgehead atoms. The summed E-state index contributed by atoms with van der Waals surface area (Å²) < 4.78 is 12.8. The molecule has 0 spiro atoms. The third-order valence-corrected chi connectivity index (χ3v) is 4.75. The van der Waals surface area contributed by atoms with Gasteiger partial charge in [0.15, 0.2) is 11.6 Å². The van der Waals surface area contributed by atoms with E-state index in [1.165, 1.54) is 0 Å². The van der Waals surface area contributed by atoms with Crippen molar-refractivity contribution in [1.82, 2.24) is 14.8 Å². The number of anilines is 2. The first-order valence-corrected chi connectivity index (χ1v) is 7.84. The van der Waals surface area contributed by atoms with Gasteiger partial charge in [-0.05, 0) is 12.1 Å². The van der Waals surface area contributed by atoms with E-state index in [-0.39, 0.29) is 0 Å². The zero-order valence-corrected chi connectivity index (χ0v) is 13.4. The van der Waals surface area contributed by atoms with E-state index in [9.17, 15) is 0 Å². The number of hydrogen-bond acceptors (Lipinski definition) is 6. The lowest BCUT2D eigenvalue weighted by molar-refractivity contribution is 0.177. The Morgan fingerprint density at radius 3 is 2.70 bits per heavy atom. The fourth-order valence-electron chi connectivity index (χ4n) is 3.57. The van der Waals surface area contributed by atoms with Crippen LogP contribution >= 0.6 is 0 Å². The monoisotopic (exact) mass is 315 g/mol. The molecule has 3 heterocycles. The van der Waals surface area contributed by atoms with Crippen LogP contribution in [-0.2, 0) is 11.8 Å². The molecule has 0 radical (unpaired) electrons. The smallest absolute Gasteiger partial charge is 0.224 e. The fraction of sp³-hybridized carbons (Fsp3) is 0.500. The zero-order chi connectivity index (χ0) is 16.0. The molecule has 2 aliphatic rings. The number of fused-ring (bicyclic) bond motifs is 1. The van der Waals surface area contributed by atoms with Gasteiger partial charge in [0, 0.05) is 32.0 Å². The van der Waals surface area contributed by atoms with E-state index in [2.05, 4.69) is 10.00 Å². The van der Waals surface area contributed by atoms with Gasteiger partial charge in [-0.2, -0.15) is 4.98 Å². The van der Waals surface area contributed by atoms with Crippen LogP contribution in [0.1, 0.15) is 0 Å². The number of aryl methyl sites for hydroxylation is 1. The van der Waals surface area contributed by atoms with Gasteiger partial charge < -0.3 is 20.1 Å². The summed E-state index contributed by atoms with van der Waals surface area (Å²) >= 11 is 0. The number of rotatable bonds is 3. The Morgan fingerprint density at radius 2 is 2.00 bits per heavy atom. The van der Waals surface area contributed by atoms with Gasteiger partial charge in [0.05, 0.1) is 31.6 Å².